The van der Waals surface area contributed by atoms with Gasteiger partial charge in [-0.25, -0.2) is 9.67 Å². The number of carbonyl (C=O) groups is 3. The summed E-state index contributed by atoms with van der Waals surface area (Å²) in [4.78, 5) is 39.6. The third-order valence-corrected chi connectivity index (χ3v) is 4.81. The van der Waals surface area contributed by atoms with Crippen LogP contribution in [0.2, 0.25) is 5.02 Å². The highest BCUT2D eigenvalue weighted by molar-refractivity contribution is 7.08. The molecule has 0 aliphatic rings. The monoisotopic (exact) mass is 447 g/mol. The quantitative estimate of drug-likeness (QED) is 0.385. The maximum Gasteiger partial charge on any atom is 0.306 e. The van der Waals surface area contributed by atoms with Crippen LogP contribution in [-0.4, -0.2) is 45.7 Å². The summed E-state index contributed by atoms with van der Waals surface area (Å²) in [5.41, 5.74) is 1.56. The van der Waals surface area contributed by atoms with Crippen molar-refractivity contribution in [2.24, 2.45) is 0 Å². The maximum absolute atomic E-state index is 12.2. The maximum atomic E-state index is 12.2. The van der Waals surface area contributed by atoms with E-state index < -0.39 is 18.5 Å². The van der Waals surface area contributed by atoms with E-state index in [0.717, 1.165) is 0 Å². The van der Waals surface area contributed by atoms with E-state index in [2.05, 4.69) is 20.7 Å². The van der Waals surface area contributed by atoms with Crippen LogP contribution in [0.1, 0.15) is 23.2 Å². The number of hydrogen-bond acceptors (Lipinski definition) is 7. The zero-order valence-corrected chi connectivity index (χ0v) is 17.3. The molecule has 2 amide bonds. The van der Waals surface area contributed by atoms with Gasteiger partial charge in [-0.15, -0.1) is 0 Å². The molecule has 0 saturated carbocycles. The van der Waals surface area contributed by atoms with E-state index in [4.69, 9.17) is 16.3 Å². The highest BCUT2D eigenvalue weighted by Gasteiger charge is 2.13. The number of halogens is 1. The number of hydrogen-bond donors (Lipinski definition) is 2. The first-order chi connectivity index (χ1) is 14.5. The number of amides is 2. The number of thiophene rings is 1. The van der Waals surface area contributed by atoms with Gasteiger partial charge >= 0.3 is 5.97 Å². The molecule has 0 aliphatic carbocycles. The summed E-state index contributed by atoms with van der Waals surface area (Å²) in [6, 6.07) is 6.63. The van der Waals surface area contributed by atoms with Gasteiger partial charge in [0.2, 0.25) is 0 Å². The van der Waals surface area contributed by atoms with Gasteiger partial charge in [0.15, 0.2) is 6.61 Å². The fourth-order valence-corrected chi connectivity index (χ4v) is 3.28. The number of ether oxygens (including phenoxy) is 1. The Kier molecular flexibility index (Phi) is 7.52. The van der Waals surface area contributed by atoms with Crippen LogP contribution in [-0.2, 0) is 14.3 Å². The van der Waals surface area contributed by atoms with Crippen molar-refractivity contribution in [1.82, 2.24) is 20.1 Å². The lowest BCUT2D eigenvalue weighted by Gasteiger charge is -2.11. The third kappa shape index (κ3) is 6.13. The topological polar surface area (TPSA) is 115 Å². The zero-order valence-electron chi connectivity index (χ0n) is 15.7. The van der Waals surface area contributed by atoms with E-state index in [1.807, 2.05) is 5.38 Å². The Morgan fingerprint density at radius 2 is 2.10 bits per heavy atom. The van der Waals surface area contributed by atoms with E-state index in [-0.39, 0.29) is 12.3 Å². The molecule has 3 rings (SSSR count). The lowest BCUT2D eigenvalue weighted by molar-refractivity contribution is -0.147. The standard InChI is InChI=1S/C19H18ClN5O4S/c20-14-3-4-16(25-12-21-11-23-25)15(8-14)24-17(26)9-29-18(27)2-1-6-22-19(28)13-5-7-30-10-13/h3-5,7-8,10-12H,1-2,6,9H2,(H,22,28)(H,24,26). The normalized spacial score (nSPS) is 10.4. The van der Waals surface area contributed by atoms with E-state index in [1.54, 1.807) is 29.6 Å². The molecule has 0 unspecified atom stereocenters. The summed E-state index contributed by atoms with van der Waals surface area (Å²) in [5.74, 6) is -1.23. The van der Waals surface area contributed by atoms with Gasteiger partial charge in [0.25, 0.3) is 11.8 Å². The molecule has 2 heterocycles. The SMILES string of the molecule is O=C(COC(=O)CCCNC(=O)c1ccsc1)Nc1cc(Cl)ccc1-n1cncn1. The fraction of sp³-hybridized carbons (Fsp3) is 0.211. The van der Waals surface area contributed by atoms with E-state index in [0.29, 0.717) is 34.9 Å². The summed E-state index contributed by atoms with van der Waals surface area (Å²) < 4.78 is 6.46. The zero-order chi connectivity index (χ0) is 21.3. The number of benzene rings is 1. The molecule has 0 spiro atoms. The Hall–Kier alpha value is -3.24. The fourth-order valence-electron chi connectivity index (χ4n) is 2.48. The molecule has 0 radical (unpaired) electrons. The van der Waals surface area contributed by atoms with Crippen LogP contribution in [0.25, 0.3) is 5.69 Å². The van der Waals surface area contributed by atoms with Crippen molar-refractivity contribution in [2.75, 3.05) is 18.5 Å². The first-order valence-corrected chi connectivity index (χ1v) is 10.3. The molecule has 30 heavy (non-hydrogen) atoms. The first kappa shape index (κ1) is 21.5. The second-order valence-corrected chi connectivity index (χ2v) is 7.30. The van der Waals surface area contributed by atoms with Crippen molar-refractivity contribution in [2.45, 2.75) is 12.8 Å². The van der Waals surface area contributed by atoms with Crippen LogP contribution < -0.4 is 10.6 Å². The average Bonchev–Trinajstić information content (AvgIpc) is 3.44. The number of nitrogens with one attached hydrogen (secondary N) is 2. The summed E-state index contributed by atoms with van der Waals surface area (Å²) in [7, 11) is 0. The Bertz CT molecular complexity index is 1010. The number of aromatic nitrogens is 3. The second-order valence-electron chi connectivity index (χ2n) is 6.08. The van der Waals surface area contributed by atoms with Gasteiger partial charge in [-0.2, -0.15) is 16.4 Å². The largest absolute Gasteiger partial charge is 0.456 e. The van der Waals surface area contributed by atoms with Crippen LogP contribution >= 0.6 is 22.9 Å². The summed E-state index contributed by atoms with van der Waals surface area (Å²) in [5, 5.41) is 13.4. The van der Waals surface area contributed by atoms with E-state index in [1.165, 1.54) is 28.7 Å². The van der Waals surface area contributed by atoms with Gasteiger partial charge in [0.05, 0.1) is 11.4 Å². The summed E-state index contributed by atoms with van der Waals surface area (Å²) in [6.45, 7) is -0.108. The molecular formula is C19H18ClN5O4S. The Labute approximate surface area is 181 Å². The molecule has 0 aliphatic heterocycles. The molecule has 2 N–H and O–H groups in total. The lowest BCUT2D eigenvalue weighted by Crippen LogP contribution is -2.25. The lowest BCUT2D eigenvalue weighted by atomic mass is 10.2. The molecule has 156 valence electrons. The summed E-state index contributed by atoms with van der Waals surface area (Å²) in [6.07, 6.45) is 3.33. The van der Waals surface area contributed by atoms with Crippen molar-refractivity contribution in [3.8, 4) is 5.69 Å². The van der Waals surface area contributed by atoms with Crippen molar-refractivity contribution < 1.29 is 19.1 Å². The minimum absolute atomic E-state index is 0.0819. The highest BCUT2D eigenvalue weighted by atomic mass is 35.5. The van der Waals surface area contributed by atoms with Gasteiger partial charge < -0.3 is 15.4 Å². The molecule has 0 bridgehead atoms. The average molecular weight is 448 g/mol. The minimum Gasteiger partial charge on any atom is -0.456 e. The van der Waals surface area contributed by atoms with Crippen molar-refractivity contribution in [3.63, 3.8) is 0 Å². The van der Waals surface area contributed by atoms with Crippen LogP contribution in [0.3, 0.4) is 0 Å². The summed E-state index contributed by atoms with van der Waals surface area (Å²) >= 11 is 7.44. The van der Waals surface area contributed by atoms with Gasteiger partial charge in [-0.1, -0.05) is 11.6 Å². The molecule has 1 aromatic carbocycles. The number of anilines is 1. The predicted octanol–water partition coefficient (Wildman–Crippen LogP) is 2.67. The third-order valence-electron chi connectivity index (χ3n) is 3.89. The number of carbonyl (C=O) groups excluding carboxylic acids is 3. The van der Waals surface area contributed by atoms with Gasteiger partial charge in [0.1, 0.15) is 12.7 Å². The van der Waals surface area contributed by atoms with E-state index in [9.17, 15) is 14.4 Å². The highest BCUT2D eigenvalue weighted by Crippen LogP contribution is 2.23. The van der Waals surface area contributed by atoms with Crippen molar-refractivity contribution >= 4 is 46.4 Å². The Morgan fingerprint density at radius 1 is 1.23 bits per heavy atom. The first-order valence-electron chi connectivity index (χ1n) is 8.93. The smallest absolute Gasteiger partial charge is 0.306 e. The van der Waals surface area contributed by atoms with Gasteiger partial charge in [-0.05, 0) is 36.1 Å². The van der Waals surface area contributed by atoms with Crippen molar-refractivity contribution in [1.29, 1.82) is 0 Å². The number of rotatable bonds is 9. The molecule has 9 nitrogen and oxygen atoms in total. The van der Waals surface area contributed by atoms with Crippen molar-refractivity contribution in [3.05, 3.63) is 58.3 Å². The number of nitrogens with zero attached hydrogens (tertiary/aromatic N) is 3. The van der Waals surface area contributed by atoms with Crippen LogP contribution in [0.15, 0.2) is 47.7 Å². The van der Waals surface area contributed by atoms with Crippen LogP contribution in [0.4, 0.5) is 5.69 Å². The molecule has 3 aromatic rings. The number of esters is 1. The van der Waals surface area contributed by atoms with Crippen LogP contribution in [0, 0.1) is 0 Å². The van der Waals surface area contributed by atoms with Gasteiger partial charge in [-0.3, -0.25) is 14.4 Å². The molecule has 0 saturated heterocycles. The minimum atomic E-state index is -0.530. The molecule has 0 atom stereocenters. The Balaban J connectivity index is 1.41. The molecule has 11 heteroatoms. The molecule has 2 aromatic heterocycles. The van der Waals surface area contributed by atoms with Gasteiger partial charge in [0, 0.05) is 28.9 Å². The predicted molar refractivity (Wildman–Crippen MR) is 112 cm³/mol. The molecular weight excluding hydrogens is 430 g/mol. The Morgan fingerprint density at radius 3 is 2.83 bits per heavy atom. The second kappa shape index (κ2) is 10.5. The van der Waals surface area contributed by atoms with Crippen LogP contribution in [0.5, 0.6) is 0 Å². The van der Waals surface area contributed by atoms with E-state index >= 15 is 0 Å². The molecule has 0 fully saturated rings.